The molecule has 0 aliphatic heterocycles. The first kappa shape index (κ1) is 28.8. The van der Waals surface area contributed by atoms with Gasteiger partial charge < -0.3 is 32.2 Å². The number of allylic oxidation sites excluding steroid dienone is 2. The van der Waals surface area contributed by atoms with Crippen LogP contribution in [0.5, 0.6) is 0 Å². The number of esters is 1. The standard InChI is InChI=1S/C31H49N3O5/c1-15(2)17-6-7-18(12-17)24(28(37)38)25-20-13-21(32)27-29(4)10-9-22(36)26(33)19(29)8-11-31(27,34)30(20,5)14-23(25)39-16(3)35/h18-23,26-27,36H,6-14,32-34H2,1-5H3,(H,37,38)/b25-24-/t18?,19-,20-,21+,22+,23-,26-,27-,29-,30-,31+/m0/s1. The number of hydrogen-bond acceptors (Lipinski definition) is 7. The van der Waals surface area contributed by atoms with E-state index in [-0.39, 0.29) is 41.2 Å². The van der Waals surface area contributed by atoms with Crippen LogP contribution in [0.25, 0.3) is 0 Å². The van der Waals surface area contributed by atoms with Crippen LogP contribution in [-0.4, -0.2) is 52.0 Å². The van der Waals surface area contributed by atoms with Crippen LogP contribution in [0.2, 0.25) is 0 Å². The summed E-state index contributed by atoms with van der Waals surface area (Å²) < 4.78 is 5.95. The van der Waals surface area contributed by atoms with E-state index in [0.29, 0.717) is 31.3 Å². The molecule has 8 nitrogen and oxygen atoms in total. The molecule has 8 N–H and O–H groups in total. The lowest BCUT2D eigenvalue weighted by atomic mass is 9.39. The summed E-state index contributed by atoms with van der Waals surface area (Å²) in [5.74, 6) is -1.52. The van der Waals surface area contributed by atoms with Gasteiger partial charge in [-0.15, -0.1) is 0 Å². The molecule has 0 aromatic rings. The number of carboxylic acid groups (broad SMARTS) is 1. The first-order valence-electron chi connectivity index (χ1n) is 14.9. The van der Waals surface area contributed by atoms with Crippen molar-refractivity contribution >= 4 is 11.9 Å². The van der Waals surface area contributed by atoms with Crippen molar-refractivity contribution in [2.24, 2.45) is 51.7 Å². The normalized spacial score (nSPS) is 48.6. The van der Waals surface area contributed by atoms with E-state index < -0.39 is 35.1 Å². The van der Waals surface area contributed by atoms with E-state index in [4.69, 9.17) is 21.9 Å². The molecule has 218 valence electrons. The predicted octanol–water partition coefficient (Wildman–Crippen LogP) is 3.41. The van der Waals surface area contributed by atoms with Crippen molar-refractivity contribution in [3.63, 3.8) is 0 Å². The summed E-state index contributed by atoms with van der Waals surface area (Å²) in [6.07, 6.45) is 5.32. The molecular weight excluding hydrogens is 494 g/mol. The second kappa shape index (κ2) is 9.68. The van der Waals surface area contributed by atoms with Crippen LogP contribution in [-0.2, 0) is 14.3 Å². The van der Waals surface area contributed by atoms with Gasteiger partial charge in [-0.05, 0) is 112 Å². The van der Waals surface area contributed by atoms with Crippen molar-refractivity contribution < 1.29 is 24.5 Å². The number of ether oxygens (including phenoxy) is 1. The average Bonchev–Trinajstić information content (AvgIpc) is 3.41. The highest BCUT2D eigenvalue weighted by Crippen LogP contribution is 2.69. The van der Waals surface area contributed by atoms with Gasteiger partial charge in [-0.3, -0.25) is 4.79 Å². The predicted molar refractivity (Wildman–Crippen MR) is 149 cm³/mol. The van der Waals surface area contributed by atoms with Crippen molar-refractivity contribution in [2.75, 3.05) is 0 Å². The van der Waals surface area contributed by atoms with Gasteiger partial charge in [-0.2, -0.15) is 0 Å². The van der Waals surface area contributed by atoms with Crippen molar-refractivity contribution in [1.29, 1.82) is 0 Å². The van der Waals surface area contributed by atoms with Gasteiger partial charge in [0.25, 0.3) is 0 Å². The summed E-state index contributed by atoms with van der Waals surface area (Å²) in [7, 11) is 0. The molecule has 1 unspecified atom stereocenters. The lowest BCUT2D eigenvalue weighted by molar-refractivity contribution is -0.160. The molecule has 0 saturated heterocycles. The van der Waals surface area contributed by atoms with Crippen LogP contribution in [0.4, 0.5) is 0 Å². The van der Waals surface area contributed by atoms with Gasteiger partial charge in [0.05, 0.1) is 6.10 Å². The Hall–Kier alpha value is -1.74. The van der Waals surface area contributed by atoms with E-state index in [1.807, 2.05) is 0 Å². The van der Waals surface area contributed by atoms with E-state index >= 15 is 0 Å². The lowest BCUT2D eigenvalue weighted by Crippen LogP contribution is -2.76. The van der Waals surface area contributed by atoms with E-state index in [1.165, 1.54) is 18.1 Å². The first-order valence-corrected chi connectivity index (χ1v) is 14.9. The average molecular weight is 544 g/mol. The maximum atomic E-state index is 13.0. The van der Waals surface area contributed by atoms with Gasteiger partial charge in [-0.25, -0.2) is 4.79 Å². The van der Waals surface area contributed by atoms with Crippen LogP contribution in [0.15, 0.2) is 22.3 Å². The molecule has 0 bridgehead atoms. The Balaban J connectivity index is 1.63. The number of nitrogens with two attached hydrogens (primary N) is 3. The SMILES string of the molecule is CC(=O)O[C@H]1C[C@@]2(C)[C@@H](C[C@@H](N)[C@H]3[C@@]4(C)CC[C@@H](O)[C@@H](N)[C@@H]4CC[C@@]32N)/C1=C(/C(=O)O)C1CCC(=C(C)C)C1. The monoisotopic (exact) mass is 543 g/mol. The Kier molecular flexibility index (Phi) is 7.14. The van der Waals surface area contributed by atoms with Gasteiger partial charge in [-0.1, -0.05) is 25.0 Å². The number of fused-ring (bicyclic) bond motifs is 5. The third-order valence-electron chi connectivity index (χ3n) is 12.2. The van der Waals surface area contributed by atoms with Crippen LogP contribution in [0.3, 0.4) is 0 Å². The molecule has 0 aromatic heterocycles. The largest absolute Gasteiger partial charge is 0.478 e. The van der Waals surface area contributed by atoms with Crippen LogP contribution < -0.4 is 17.2 Å². The molecular formula is C31H49N3O5. The van der Waals surface area contributed by atoms with Gasteiger partial charge in [0.15, 0.2) is 0 Å². The minimum atomic E-state index is -0.920. The minimum Gasteiger partial charge on any atom is -0.478 e. The fraction of sp³-hybridized carbons (Fsp3) is 0.806. The molecule has 5 saturated carbocycles. The topological polar surface area (TPSA) is 162 Å². The zero-order valence-electron chi connectivity index (χ0n) is 24.3. The van der Waals surface area contributed by atoms with E-state index in [1.54, 1.807) is 0 Å². The molecule has 5 fully saturated rings. The third-order valence-corrected chi connectivity index (χ3v) is 12.2. The number of carboxylic acids is 1. The smallest absolute Gasteiger partial charge is 0.331 e. The zero-order valence-corrected chi connectivity index (χ0v) is 24.3. The molecule has 0 radical (unpaired) electrons. The molecule has 0 amide bonds. The summed E-state index contributed by atoms with van der Waals surface area (Å²) in [5, 5.41) is 21.2. The third kappa shape index (κ3) is 4.15. The summed E-state index contributed by atoms with van der Waals surface area (Å²) in [6.45, 7) is 10.0. The summed E-state index contributed by atoms with van der Waals surface area (Å²) in [5.41, 5.74) is 23.6. The van der Waals surface area contributed by atoms with Crippen LogP contribution in [0.1, 0.15) is 92.4 Å². The number of aliphatic carboxylic acids is 1. The minimum absolute atomic E-state index is 0.0297. The Morgan fingerprint density at radius 1 is 1.05 bits per heavy atom. The van der Waals surface area contributed by atoms with Crippen molar-refractivity contribution in [2.45, 2.75) is 122 Å². The highest BCUT2D eigenvalue weighted by Gasteiger charge is 2.71. The number of rotatable bonds is 3. The van der Waals surface area contributed by atoms with E-state index in [2.05, 4.69) is 27.7 Å². The number of aliphatic hydroxyl groups is 1. The van der Waals surface area contributed by atoms with Crippen molar-refractivity contribution in [3.8, 4) is 0 Å². The first-order chi connectivity index (χ1) is 18.2. The van der Waals surface area contributed by atoms with Gasteiger partial charge in [0, 0.05) is 30.1 Å². The van der Waals surface area contributed by atoms with Gasteiger partial charge >= 0.3 is 11.9 Å². The Bertz CT molecular complexity index is 1110. The van der Waals surface area contributed by atoms with Gasteiger partial charge in [0.2, 0.25) is 0 Å². The zero-order chi connectivity index (χ0) is 28.7. The summed E-state index contributed by atoms with van der Waals surface area (Å²) >= 11 is 0. The lowest BCUT2D eigenvalue weighted by Gasteiger charge is -2.68. The highest BCUT2D eigenvalue weighted by atomic mass is 16.5. The Labute approximate surface area is 232 Å². The molecule has 8 heteroatoms. The molecule has 0 aromatic carbocycles. The molecule has 11 atom stereocenters. The maximum absolute atomic E-state index is 13.0. The quantitative estimate of drug-likeness (QED) is 0.205. The molecule has 0 spiro atoms. The number of hydrogen-bond donors (Lipinski definition) is 5. The number of aliphatic hydroxyl groups excluding tert-OH is 1. The Morgan fingerprint density at radius 3 is 2.33 bits per heavy atom. The summed E-state index contributed by atoms with van der Waals surface area (Å²) in [4.78, 5) is 25.3. The molecule has 0 heterocycles. The fourth-order valence-electron chi connectivity index (χ4n) is 10.4. The summed E-state index contributed by atoms with van der Waals surface area (Å²) in [6, 6.07) is -0.550. The number of carbonyl (C=O) groups is 2. The molecule has 5 aliphatic carbocycles. The van der Waals surface area contributed by atoms with Gasteiger partial charge in [0.1, 0.15) is 6.10 Å². The van der Waals surface area contributed by atoms with Crippen LogP contribution in [0, 0.1) is 34.5 Å². The molecule has 5 aliphatic rings. The highest BCUT2D eigenvalue weighted by molar-refractivity contribution is 5.89. The van der Waals surface area contributed by atoms with E-state index in [0.717, 1.165) is 37.7 Å². The Morgan fingerprint density at radius 2 is 1.74 bits per heavy atom. The maximum Gasteiger partial charge on any atom is 0.331 e. The van der Waals surface area contributed by atoms with E-state index in [9.17, 15) is 19.8 Å². The molecule has 5 rings (SSSR count). The van der Waals surface area contributed by atoms with Crippen molar-refractivity contribution in [3.05, 3.63) is 22.3 Å². The number of carbonyl (C=O) groups excluding carboxylic acids is 1. The fourth-order valence-corrected chi connectivity index (χ4v) is 10.4. The second-order valence-corrected chi connectivity index (χ2v) is 14.2. The van der Waals surface area contributed by atoms with Crippen LogP contribution >= 0.6 is 0 Å². The van der Waals surface area contributed by atoms with Crippen molar-refractivity contribution in [1.82, 2.24) is 0 Å². The molecule has 39 heavy (non-hydrogen) atoms. The second-order valence-electron chi connectivity index (χ2n) is 14.2.